The van der Waals surface area contributed by atoms with Crippen molar-refractivity contribution in [2.75, 3.05) is 6.54 Å². The highest BCUT2D eigenvalue weighted by atomic mass is 19.1. The highest BCUT2D eigenvalue weighted by molar-refractivity contribution is 5.75. The molecule has 126 valence electrons. The molecule has 1 aliphatic rings. The summed E-state index contributed by atoms with van der Waals surface area (Å²) in [6, 6.07) is 12.9. The van der Waals surface area contributed by atoms with Crippen molar-refractivity contribution >= 4 is 5.97 Å². The highest BCUT2D eigenvalue weighted by Gasteiger charge is 2.39. The van der Waals surface area contributed by atoms with Crippen molar-refractivity contribution in [2.24, 2.45) is 0 Å². The van der Waals surface area contributed by atoms with Gasteiger partial charge in [0.2, 0.25) is 0 Å². The zero-order valence-electron chi connectivity index (χ0n) is 12.9. The number of hydrogen-bond acceptors (Lipinski definition) is 4. The van der Waals surface area contributed by atoms with E-state index in [9.17, 15) is 14.3 Å². The van der Waals surface area contributed by atoms with Crippen molar-refractivity contribution < 1.29 is 24.1 Å². The number of nitrogens with one attached hydrogen (secondary N) is 1. The minimum atomic E-state index is -1.09. The van der Waals surface area contributed by atoms with Gasteiger partial charge in [0.15, 0.2) is 0 Å². The Morgan fingerprint density at radius 3 is 2.25 bits per heavy atom. The average Bonchev–Trinajstić information content (AvgIpc) is 2.95. The molecule has 0 amide bonds. The van der Waals surface area contributed by atoms with Crippen LogP contribution in [0.25, 0.3) is 11.1 Å². The Hall–Kier alpha value is -2.28. The molecule has 1 heterocycles. The second-order valence-electron chi connectivity index (χ2n) is 5.77. The van der Waals surface area contributed by atoms with E-state index in [0.29, 0.717) is 6.54 Å². The van der Waals surface area contributed by atoms with Crippen LogP contribution < -0.4 is 5.32 Å². The molecular weight excluding hydrogens is 313 g/mol. The van der Waals surface area contributed by atoms with Crippen LogP contribution in [0.2, 0.25) is 0 Å². The van der Waals surface area contributed by atoms with E-state index < -0.39 is 24.2 Å². The number of carboxylic acid groups (broad SMARTS) is 1. The number of hydrogen-bond donors (Lipinski definition) is 3. The molecule has 2 aromatic carbocycles. The smallest absolute Gasteiger partial charge is 0.323 e. The molecule has 5 nitrogen and oxygen atoms in total. The largest absolute Gasteiger partial charge is 0.480 e. The minimum Gasteiger partial charge on any atom is -0.480 e. The maximum Gasteiger partial charge on any atom is 0.323 e. The molecule has 0 spiro atoms. The number of aliphatic hydroxyl groups is 1. The van der Waals surface area contributed by atoms with Gasteiger partial charge in [-0.1, -0.05) is 36.4 Å². The number of rotatable bonds is 5. The highest BCUT2D eigenvalue weighted by Crippen LogP contribution is 2.21. The minimum absolute atomic E-state index is 0.271. The molecule has 0 unspecified atom stereocenters. The summed E-state index contributed by atoms with van der Waals surface area (Å²) >= 11 is 0. The second-order valence-corrected chi connectivity index (χ2v) is 5.77. The van der Waals surface area contributed by atoms with E-state index in [0.717, 1.165) is 16.7 Å². The summed E-state index contributed by atoms with van der Waals surface area (Å²) in [5.74, 6) is -1.36. The SMILES string of the molecule is O=C(O)[C@@H]1NC[C@H](OCc2ccc(-c3ccc(F)cc3)cc2)[C@H]1O. The first-order valence-corrected chi connectivity index (χ1v) is 7.65. The Labute approximate surface area is 138 Å². The second kappa shape index (κ2) is 7.09. The van der Waals surface area contributed by atoms with Crippen LogP contribution >= 0.6 is 0 Å². The lowest BCUT2D eigenvalue weighted by atomic mass is 10.0. The van der Waals surface area contributed by atoms with Gasteiger partial charge in [0.25, 0.3) is 0 Å². The van der Waals surface area contributed by atoms with E-state index in [-0.39, 0.29) is 12.4 Å². The molecule has 2 aromatic rings. The van der Waals surface area contributed by atoms with Gasteiger partial charge < -0.3 is 14.9 Å². The van der Waals surface area contributed by atoms with Gasteiger partial charge >= 0.3 is 5.97 Å². The number of benzene rings is 2. The molecule has 0 bridgehead atoms. The quantitative estimate of drug-likeness (QED) is 0.779. The number of carbonyl (C=O) groups is 1. The number of carboxylic acids is 1. The van der Waals surface area contributed by atoms with Crippen LogP contribution in [-0.2, 0) is 16.1 Å². The molecule has 0 radical (unpaired) electrons. The Morgan fingerprint density at radius 1 is 1.12 bits per heavy atom. The van der Waals surface area contributed by atoms with Gasteiger partial charge in [-0.2, -0.15) is 0 Å². The monoisotopic (exact) mass is 331 g/mol. The maximum atomic E-state index is 12.9. The first-order valence-electron chi connectivity index (χ1n) is 7.65. The van der Waals surface area contributed by atoms with Crippen molar-refractivity contribution in [2.45, 2.75) is 24.9 Å². The summed E-state index contributed by atoms with van der Waals surface area (Å²) in [7, 11) is 0. The molecule has 3 N–H and O–H groups in total. The van der Waals surface area contributed by atoms with E-state index in [4.69, 9.17) is 9.84 Å². The van der Waals surface area contributed by atoms with Crippen LogP contribution in [0, 0.1) is 5.82 Å². The fourth-order valence-corrected chi connectivity index (χ4v) is 2.73. The van der Waals surface area contributed by atoms with E-state index >= 15 is 0 Å². The van der Waals surface area contributed by atoms with Crippen LogP contribution in [0.15, 0.2) is 48.5 Å². The Balaban J connectivity index is 1.59. The average molecular weight is 331 g/mol. The van der Waals surface area contributed by atoms with Crippen molar-refractivity contribution in [1.29, 1.82) is 0 Å². The summed E-state index contributed by atoms with van der Waals surface area (Å²) in [4.78, 5) is 10.9. The summed E-state index contributed by atoms with van der Waals surface area (Å²) in [5, 5.41) is 21.6. The molecule has 3 atom stereocenters. The molecule has 1 saturated heterocycles. The lowest BCUT2D eigenvalue weighted by Crippen LogP contribution is -2.40. The van der Waals surface area contributed by atoms with Crippen LogP contribution in [0.5, 0.6) is 0 Å². The van der Waals surface area contributed by atoms with Gasteiger partial charge in [0.1, 0.15) is 18.0 Å². The maximum absolute atomic E-state index is 12.9. The number of aliphatic hydroxyl groups excluding tert-OH is 1. The zero-order chi connectivity index (χ0) is 17.1. The van der Waals surface area contributed by atoms with Gasteiger partial charge in [0.05, 0.1) is 12.7 Å². The van der Waals surface area contributed by atoms with E-state index in [1.165, 1.54) is 12.1 Å². The van der Waals surface area contributed by atoms with Gasteiger partial charge in [-0.3, -0.25) is 10.1 Å². The standard InChI is InChI=1S/C18H18FNO4/c19-14-7-5-13(6-8-14)12-3-1-11(2-4-12)10-24-15-9-20-16(17(15)21)18(22)23/h1-8,15-17,20-21H,9-10H2,(H,22,23)/t15-,16+,17+/m0/s1. The van der Waals surface area contributed by atoms with Crippen LogP contribution in [-0.4, -0.2) is 41.0 Å². The summed E-state index contributed by atoms with van der Waals surface area (Å²) in [6.07, 6.45) is -1.62. The van der Waals surface area contributed by atoms with Crippen LogP contribution in [0.4, 0.5) is 4.39 Å². The topological polar surface area (TPSA) is 78.8 Å². The molecule has 6 heteroatoms. The molecular formula is C18H18FNO4. The van der Waals surface area contributed by atoms with E-state index in [1.807, 2.05) is 24.3 Å². The van der Waals surface area contributed by atoms with Crippen molar-refractivity contribution in [1.82, 2.24) is 5.32 Å². The Bertz CT molecular complexity index is 702. The lowest BCUT2D eigenvalue weighted by molar-refractivity contribution is -0.142. The van der Waals surface area contributed by atoms with Crippen LogP contribution in [0.3, 0.4) is 0 Å². The first kappa shape index (κ1) is 16.6. The number of ether oxygens (including phenoxy) is 1. The molecule has 0 aliphatic carbocycles. The van der Waals surface area contributed by atoms with Crippen molar-refractivity contribution in [3.8, 4) is 11.1 Å². The fourth-order valence-electron chi connectivity index (χ4n) is 2.73. The number of halogens is 1. The van der Waals surface area contributed by atoms with Gasteiger partial charge in [-0.25, -0.2) is 4.39 Å². The molecule has 0 aromatic heterocycles. The molecule has 24 heavy (non-hydrogen) atoms. The summed E-state index contributed by atoms with van der Waals surface area (Å²) in [6.45, 7) is 0.575. The normalized spacial score (nSPS) is 23.3. The van der Waals surface area contributed by atoms with E-state index in [1.54, 1.807) is 12.1 Å². The molecule has 1 aliphatic heterocycles. The zero-order valence-corrected chi connectivity index (χ0v) is 12.9. The van der Waals surface area contributed by atoms with Gasteiger partial charge in [0, 0.05) is 6.54 Å². The van der Waals surface area contributed by atoms with Gasteiger partial charge in [-0.15, -0.1) is 0 Å². The third kappa shape index (κ3) is 3.62. The number of aliphatic carboxylic acids is 1. The third-order valence-corrected chi connectivity index (χ3v) is 4.12. The molecule has 3 rings (SSSR count). The first-order chi connectivity index (χ1) is 11.5. The van der Waals surface area contributed by atoms with Crippen LogP contribution in [0.1, 0.15) is 5.56 Å². The van der Waals surface area contributed by atoms with E-state index in [2.05, 4.69) is 5.32 Å². The van der Waals surface area contributed by atoms with Crippen molar-refractivity contribution in [3.63, 3.8) is 0 Å². The molecule has 1 fully saturated rings. The Kier molecular flexibility index (Phi) is 4.89. The third-order valence-electron chi connectivity index (χ3n) is 4.12. The summed E-state index contributed by atoms with van der Waals surface area (Å²) < 4.78 is 18.6. The lowest BCUT2D eigenvalue weighted by Gasteiger charge is -2.16. The molecule has 0 saturated carbocycles. The Morgan fingerprint density at radius 2 is 1.71 bits per heavy atom. The van der Waals surface area contributed by atoms with Crippen molar-refractivity contribution in [3.05, 3.63) is 59.9 Å². The predicted molar refractivity (Wildman–Crippen MR) is 85.8 cm³/mol. The fraction of sp³-hybridized carbons (Fsp3) is 0.278. The predicted octanol–water partition coefficient (Wildman–Crippen LogP) is 1.80. The van der Waals surface area contributed by atoms with Gasteiger partial charge in [-0.05, 0) is 28.8 Å². The summed E-state index contributed by atoms with van der Waals surface area (Å²) in [5.41, 5.74) is 2.79.